The van der Waals surface area contributed by atoms with Gasteiger partial charge in [0.1, 0.15) is 17.7 Å². The first-order chi connectivity index (χ1) is 18.8. The summed E-state index contributed by atoms with van der Waals surface area (Å²) in [7, 11) is 1.47. The van der Waals surface area contributed by atoms with Gasteiger partial charge in [0.05, 0.1) is 6.10 Å². The molecule has 220 valence electrons. The van der Waals surface area contributed by atoms with Gasteiger partial charge in [0.2, 0.25) is 11.8 Å². The van der Waals surface area contributed by atoms with Gasteiger partial charge in [-0.3, -0.25) is 14.4 Å². The van der Waals surface area contributed by atoms with Crippen molar-refractivity contribution in [2.45, 2.75) is 77.7 Å². The molecule has 2 aromatic rings. The fraction of sp³-hybridized carbons (Fsp3) is 0.581. The third-order valence-electron chi connectivity index (χ3n) is 7.28. The number of hydrogen-bond acceptors (Lipinski definition) is 6. The number of likely N-dealkylation sites (tertiary alicyclic amines) is 1. The number of carbonyl (C=O) groups excluding carboxylic acids is 3. The molecule has 40 heavy (non-hydrogen) atoms. The van der Waals surface area contributed by atoms with E-state index < -0.39 is 23.8 Å². The summed E-state index contributed by atoms with van der Waals surface area (Å²) in [6.07, 6.45) is 0.701. The smallest absolute Gasteiger partial charge is 0.254 e. The summed E-state index contributed by atoms with van der Waals surface area (Å²) in [6.45, 7) is 11.2. The van der Waals surface area contributed by atoms with Gasteiger partial charge in [-0.25, -0.2) is 0 Å². The summed E-state index contributed by atoms with van der Waals surface area (Å²) in [6, 6.07) is 12.4. The number of nitrogens with one attached hydrogen (secondary N) is 3. The molecule has 3 rings (SSSR count). The molecule has 0 aromatic heterocycles. The van der Waals surface area contributed by atoms with Crippen LogP contribution in [0.5, 0.6) is 0 Å². The van der Waals surface area contributed by atoms with Gasteiger partial charge in [-0.2, -0.15) is 0 Å². The van der Waals surface area contributed by atoms with Gasteiger partial charge >= 0.3 is 0 Å². The molecular formula is C31H46N4O5. The maximum absolute atomic E-state index is 13.5. The van der Waals surface area contributed by atoms with E-state index in [0.717, 1.165) is 22.9 Å². The molecule has 3 atom stereocenters. The first-order valence-electron chi connectivity index (χ1n) is 14.1. The molecule has 0 saturated carbocycles. The minimum Gasteiger partial charge on any atom is -0.390 e. The van der Waals surface area contributed by atoms with Crippen molar-refractivity contribution < 1.29 is 24.2 Å². The number of methoxy groups -OCH3 is 1. The zero-order valence-corrected chi connectivity index (χ0v) is 24.8. The highest BCUT2D eigenvalue weighted by molar-refractivity contribution is 5.94. The van der Waals surface area contributed by atoms with Gasteiger partial charge < -0.3 is 30.7 Å². The van der Waals surface area contributed by atoms with E-state index in [2.05, 4.69) is 36.7 Å². The predicted molar refractivity (Wildman–Crippen MR) is 157 cm³/mol. The Morgan fingerprint density at radius 1 is 1.05 bits per heavy atom. The van der Waals surface area contributed by atoms with Gasteiger partial charge in [0.15, 0.2) is 0 Å². The van der Waals surface area contributed by atoms with Gasteiger partial charge in [-0.1, -0.05) is 63.2 Å². The summed E-state index contributed by atoms with van der Waals surface area (Å²) in [4.78, 5) is 41.5. The zero-order valence-electron chi connectivity index (χ0n) is 24.8. The van der Waals surface area contributed by atoms with Crippen LogP contribution >= 0.6 is 0 Å². The lowest BCUT2D eigenvalue weighted by atomic mass is 9.97. The molecule has 9 nitrogen and oxygen atoms in total. The quantitative estimate of drug-likeness (QED) is 0.320. The molecule has 2 unspecified atom stereocenters. The predicted octanol–water partition coefficient (Wildman–Crippen LogP) is 2.40. The van der Waals surface area contributed by atoms with Crippen molar-refractivity contribution >= 4 is 28.5 Å². The largest absolute Gasteiger partial charge is 0.390 e. The van der Waals surface area contributed by atoms with Crippen LogP contribution < -0.4 is 16.0 Å². The van der Waals surface area contributed by atoms with Crippen LogP contribution in [-0.4, -0.2) is 84.8 Å². The van der Waals surface area contributed by atoms with Crippen LogP contribution in [0.4, 0.5) is 0 Å². The van der Waals surface area contributed by atoms with Crippen molar-refractivity contribution in [3.05, 3.63) is 48.0 Å². The molecule has 9 heteroatoms. The third kappa shape index (κ3) is 8.74. The maximum Gasteiger partial charge on any atom is 0.254 e. The highest BCUT2D eigenvalue weighted by Crippen LogP contribution is 2.24. The number of rotatable bonds is 12. The van der Waals surface area contributed by atoms with E-state index in [1.54, 1.807) is 18.7 Å². The number of hydrogen-bond donors (Lipinski definition) is 4. The summed E-state index contributed by atoms with van der Waals surface area (Å²) < 4.78 is 5.36. The molecule has 1 saturated heterocycles. The second kappa shape index (κ2) is 13.6. The number of carbonyl (C=O) groups is 3. The van der Waals surface area contributed by atoms with Crippen molar-refractivity contribution in [1.82, 2.24) is 20.9 Å². The topological polar surface area (TPSA) is 120 Å². The Kier molecular flexibility index (Phi) is 10.7. The standard InChI is InChI=1S/C31H46N4O5/c1-30(2,3)20-32-18-24(36)19-33-27(37)25(17-21-13-14-22-10-7-8-11-23(22)16-21)34-28(38)26-12-9-15-35(26)29(39)31(4,5)40-6/h7-8,10-11,13-14,16,24-26,32,36H,9,12,15,17-20H2,1-6H3,(H,33,37)(H,34,38)/t24?,25-,26?/m1/s1. The minimum atomic E-state index is -1.05. The Morgan fingerprint density at radius 3 is 2.42 bits per heavy atom. The monoisotopic (exact) mass is 554 g/mol. The normalized spacial score (nSPS) is 17.5. The Hall–Kier alpha value is -3.01. The van der Waals surface area contributed by atoms with Crippen LogP contribution in [0.2, 0.25) is 0 Å². The highest BCUT2D eigenvalue weighted by Gasteiger charge is 2.41. The van der Waals surface area contributed by atoms with Crippen molar-refractivity contribution in [3.8, 4) is 0 Å². The van der Waals surface area contributed by atoms with Gasteiger partial charge in [0.25, 0.3) is 5.91 Å². The minimum absolute atomic E-state index is 0.0517. The molecule has 0 aliphatic carbocycles. The van der Waals surface area contributed by atoms with Crippen LogP contribution in [0.25, 0.3) is 10.8 Å². The molecule has 0 bridgehead atoms. The number of fused-ring (bicyclic) bond motifs is 1. The van der Waals surface area contributed by atoms with Crippen molar-refractivity contribution in [2.75, 3.05) is 33.3 Å². The number of ether oxygens (including phenoxy) is 1. The van der Waals surface area contributed by atoms with E-state index >= 15 is 0 Å². The van der Waals surface area contributed by atoms with E-state index in [1.807, 2.05) is 42.5 Å². The second-order valence-electron chi connectivity index (χ2n) is 12.4. The first-order valence-corrected chi connectivity index (χ1v) is 14.1. The lowest BCUT2D eigenvalue weighted by Crippen LogP contribution is -2.57. The fourth-order valence-corrected chi connectivity index (χ4v) is 4.82. The Bertz CT molecular complexity index is 1180. The molecule has 2 aromatic carbocycles. The van der Waals surface area contributed by atoms with Crippen LogP contribution in [0.3, 0.4) is 0 Å². The third-order valence-corrected chi connectivity index (χ3v) is 7.28. The fourth-order valence-electron chi connectivity index (χ4n) is 4.82. The number of aliphatic hydroxyl groups is 1. The lowest BCUT2D eigenvalue weighted by molar-refractivity contribution is -0.154. The second-order valence-corrected chi connectivity index (χ2v) is 12.4. The molecule has 4 N–H and O–H groups in total. The molecule has 3 amide bonds. The molecule has 1 heterocycles. The van der Waals surface area contributed by atoms with E-state index in [9.17, 15) is 19.5 Å². The lowest BCUT2D eigenvalue weighted by Gasteiger charge is -2.32. The maximum atomic E-state index is 13.5. The van der Waals surface area contributed by atoms with Crippen molar-refractivity contribution in [1.29, 1.82) is 0 Å². The van der Waals surface area contributed by atoms with Crippen molar-refractivity contribution in [3.63, 3.8) is 0 Å². The van der Waals surface area contributed by atoms with E-state index in [-0.39, 0.29) is 36.1 Å². The average Bonchev–Trinajstić information content (AvgIpc) is 3.40. The number of benzene rings is 2. The summed E-state index contributed by atoms with van der Waals surface area (Å²) >= 11 is 0. The van der Waals surface area contributed by atoms with Gasteiger partial charge in [-0.05, 0) is 48.4 Å². The molecule has 0 radical (unpaired) electrons. The SMILES string of the molecule is COC(C)(C)C(=O)N1CCCC1C(=O)N[C@H](Cc1ccc2ccccc2c1)C(=O)NCC(O)CNCC(C)(C)C. The first kappa shape index (κ1) is 31.5. The number of aliphatic hydroxyl groups excluding tert-OH is 1. The molecular weight excluding hydrogens is 508 g/mol. The zero-order chi connectivity index (χ0) is 29.5. The van der Waals surface area contributed by atoms with E-state index in [1.165, 1.54) is 7.11 Å². The van der Waals surface area contributed by atoms with Crippen LogP contribution in [-0.2, 0) is 25.5 Å². The highest BCUT2D eigenvalue weighted by atomic mass is 16.5. The number of amides is 3. The van der Waals surface area contributed by atoms with Crippen molar-refractivity contribution in [2.24, 2.45) is 5.41 Å². The Morgan fingerprint density at radius 2 is 1.75 bits per heavy atom. The van der Waals surface area contributed by atoms with Gasteiger partial charge in [0, 0.05) is 39.7 Å². The van der Waals surface area contributed by atoms with Gasteiger partial charge in [-0.15, -0.1) is 0 Å². The Labute approximate surface area is 238 Å². The molecule has 1 aliphatic heterocycles. The van der Waals surface area contributed by atoms with Crippen LogP contribution in [0, 0.1) is 5.41 Å². The molecule has 1 aliphatic rings. The summed E-state index contributed by atoms with van der Waals surface area (Å²) in [5, 5.41) is 21.5. The van der Waals surface area contributed by atoms with Crippen LogP contribution in [0.15, 0.2) is 42.5 Å². The van der Waals surface area contributed by atoms with Crippen LogP contribution in [0.1, 0.15) is 53.0 Å². The summed E-state index contributed by atoms with van der Waals surface area (Å²) in [5.41, 5.74) is -0.0833. The number of nitrogens with zero attached hydrogens (tertiary/aromatic N) is 1. The van der Waals surface area contributed by atoms with E-state index in [4.69, 9.17) is 4.74 Å². The molecule has 1 fully saturated rings. The molecule has 0 spiro atoms. The summed E-state index contributed by atoms with van der Waals surface area (Å²) in [5.74, 6) is -1.01. The average molecular weight is 555 g/mol. The van der Waals surface area contributed by atoms with E-state index in [0.29, 0.717) is 25.9 Å². The Balaban J connectivity index is 1.73.